The molecule has 2 aromatic rings. The van der Waals surface area contributed by atoms with Gasteiger partial charge < -0.3 is 5.73 Å². The van der Waals surface area contributed by atoms with Crippen LogP contribution in [0.2, 0.25) is 5.02 Å². The zero-order chi connectivity index (χ0) is 18.4. The summed E-state index contributed by atoms with van der Waals surface area (Å²) in [5, 5.41) is 0.805. The van der Waals surface area contributed by atoms with Gasteiger partial charge in [0.1, 0.15) is 0 Å². The normalized spacial score (nSPS) is 20.5. The van der Waals surface area contributed by atoms with E-state index < -0.39 is 0 Å². The van der Waals surface area contributed by atoms with E-state index in [1.165, 1.54) is 42.4 Å². The van der Waals surface area contributed by atoms with E-state index in [1.807, 2.05) is 12.1 Å². The third-order valence-corrected chi connectivity index (χ3v) is 5.88. The van der Waals surface area contributed by atoms with Crippen LogP contribution in [0.1, 0.15) is 42.4 Å². The van der Waals surface area contributed by atoms with Gasteiger partial charge in [0.15, 0.2) is 0 Å². The van der Waals surface area contributed by atoms with Crippen LogP contribution in [0.3, 0.4) is 0 Å². The second kappa shape index (κ2) is 9.55. The van der Waals surface area contributed by atoms with E-state index in [1.54, 1.807) is 0 Å². The van der Waals surface area contributed by atoms with Crippen LogP contribution in [0.15, 0.2) is 48.5 Å². The smallest absolute Gasteiger partial charge is 0.0406 e. The lowest BCUT2D eigenvalue weighted by molar-refractivity contribution is 0.170. The summed E-state index contributed by atoms with van der Waals surface area (Å²) in [7, 11) is 0. The minimum Gasteiger partial charge on any atom is -0.330 e. The number of halogens is 1. The van der Waals surface area contributed by atoms with E-state index in [0.717, 1.165) is 43.0 Å². The molecule has 0 aliphatic heterocycles. The Bertz CT molecular complexity index is 675. The zero-order valence-corrected chi connectivity index (χ0v) is 16.6. The summed E-state index contributed by atoms with van der Waals surface area (Å²) in [6.07, 6.45) is 5.21. The van der Waals surface area contributed by atoms with E-state index in [2.05, 4.69) is 48.2 Å². The van der Waals surface area contributed by atoms with Gasteiger partial charge in [-0.05, 0) is 74.2 Å². The van der Waals surface area contributed by atoms with Gasteiger partial charge in [0.05, 0.1) is 0 Å². The van der Waals surface area contributed by atoms with Crippen LogP contribution in [0.25, 0.3) is 0 Å². The van der Waals surface area contributed by atoms with E-state index in [0.29, 0.717) is 0 Å². The standard InChI is InChI=1S/C23H31ClN2/c1-18-3-2-4-22(13-18)17-26(16-21-9-11-23(24)12-10-21)15-20-7-5-19(14-25)6-8-20/h2-4,9-13,19-20H,5-8,14-17,25H2,1H3. The molecule has 0 heterocycles. The summed E-state index contributed by atoms with van der Waals surface area (Å²) < 4.78 is 0. The van der Waals surface area contributed by atoms with Crippen LogP contribution in [0, 0.1) is 18.8 Å². The summed E-state index contributed by atoms with van der Waals surface area (Å²) in [6.45, 7) is 6.16. The van der Waals surface area contributed by atoms with E-state index in [9.17, 15) is 0 Å². The fraction of sp³-hybridized carbons (Fsp3) is 0.478. The Morgan fingerprint density at radius 1 is 0.923 bits per heavy atom. The predicted molar refractivity (Wildman–Crippen MR) is 111 cm³/mol. The molecule has 0 bridgehead atoms. The number of aryl methyl sites for hydroxylation is 1. The van der Waals surface area contributed by atoms with Gasteiger partial charge in [0.2, 0.25) is 0 Å². The summed E-state index contributed by atoms with van der Waals surface area (Å²) in [5.41, 5.74) is 9.92. The van der Waals surface area contributed by atoms with Crippen molar-refractivity contribution >= 4 is 11.6 Å². The van der Waals surface area contributed by atoms with Crippen molar-refractivity contribution in [2.45, 2.75) is 45.7 Å². The van der Waals surface area contributed by atoms with Crippen LogP contribution >= 0.6 is 11.6 Å². The van der Waals surface area contributed by atoms with Gasteiger partial charge in [0, 0.05) is 24.7 Å². The maximum absolute atomic E-state index is 6.05. The van der Waals surface area contributed by atoms with Crippen molar-refractivity contribution in [2.75, 3.05) is 13.1 Å². The second-order valence-electron chi connectivity index (χ2n) is 7.91. The Hall–Kier alpha value is -1.35. The number of hydrogen-bond donors (Lipinski definition) is 1. The first-order valence-corrected chi connectivity index (χ1v) is 10.2. The first-order chi connectivity index (χ1) is 12.6. The van der Waals surface area contributed by atoms with Crippen molar-refractivity contribution < 1.29 is 0 Å². The highest BCUT2D eigenvalue weighted by atomic mass is 35.5. The fourth-order valence-electron chi connectivity index (χ4n) is 4.12. The van der Waals surface area contributed by atoms with E-state index in [-0.39, 0.29) is 0 Å². The first kappa shape index (κ1) is 19.4. The monoisotopic (exact) mass is 370 g/mol. The van der Waals surface area contributed by atoms with E-state index >= 15 is 0 Å². The molecule has 1 aliphatic carbocycles. The van der Waals surface area contributed by atoms with Gasteiger partial charge in [-0.2, -0.15) is 0 Å². The van der Waals surface area contributed by atoms with Crippen molar-refractivity contribution in [2.24, 2.45) is 17.6 Å². The van der Waals surface area contributed by atoms with Crippen LogP contribution in [-0.4, -0.2) is 18.0 Å². The van der Waals surface area contributed by atoms with Gasteiger partial charge in [-0.1, -0.05) is 53.6 Å². The van der Waals surface area contributed by atoms with Crippen molar-refractivity contribution in [1.82, 2.24) is 4.90 Å². The molecule has 0 saturated heterocycles. The molecule has 1 aliphatic rings. The Balaban J connectivity index is 1.67. The Morgan fingerprint density at radius 3 is 2.23 bits per heavy atom. The van der Waals surface area contributed by atoms with Crippen LogP contribution in [0.4, 0.5) is 0 Å². The molecular weight excluding hydrogens is 340 g/mol. The van der Waals surface area contributed by atoms with Gasteiger partial charge in [-0.15, -0.1) is 0 Å². The van der Waals surface area contributed by atoms with Crippen molar-refractivity contribution in [3.63, 3.8) is 0 Å². The maximum atomic E-state index is 6.05. The highest BCUT2D eigenvalue weighted by Crippen LogP contribution is 2.29. The summed E-state index contributed by atoms with van der Waals surface area (Å²) >= 11 is 6.05. The van der Waals surface area contributed by atoms with Crippen LogP contribution in [0.5, 0.6) is 0 Å². The molecule has 0 radical (unpaired) electrons. The predicted octanol–water partition coefficient (Wildman–Crippen LogP) is 5.42. The molecule has 26 heavy (non-hydrogen) atoms. The number of hydrogen-bond acceptors (Lipinski definition) is 2. The number of nitrogens with two attached hydrogens (primary N) is 1. The van der Waals surface area contributed by atoms with Gasteiger partial charge in [-0.3, -0.25) is 4.90 Å². The Morgan fingerprint density at radius 2 is 1.58 bits per heavy atom. The summed E-state index contributed by atoms with van der Waals surface area (Å²) in [6, 6.07) is 17.2. The highest BCUT2D eigenvalue weighted by Gasteiger charge is 2.22. The number of nitrogens with zero attached hydrogens (tertiary/aromatic N) is 1. The molecule has 140 valence electrons. The maximum Gasteiger partial charge on any atom is 0.0406 e. The zero-order valence-electron chi connectivity index (χ0n) is 15.8. The molecular formula is C23H31ClN2. The number of benzene rings is 2. The SMILES string of the molecule is Cc1cccc(CN(Cc2ccc(Cl)cc2)CC2CCC(CN)CC2)c1. The quantitative estimate of drug-likeness (QED) is 0.705. The molecule has 2 nitrogen and oxygen atoms in total. The molecule has 1 saturated carbocycles. The molecule has 3 heteroatoms. The second-order valence-corrected chi connectivity index (χ2v) is 8.34. The molecule has 2 N–H and O–H groups in total. The number of rotatable bonds is 7. The van der Waals surface area contributed by atoms with Crippen LogP contribution < -0.4 is 5.73 Å². The average Bonchev–Trinajstić information content (AvgIpc) is 2.64. The summed E-state index contributed by atoms with van der Waals surface area (Å²) in [4.78, 5) is 2.60. The van der Waals surface area contributed by atoms with E-state index in [4.69, 9.17) is 17.3 Å². The molecule has 0 atom stereocenters. The van der Waals surface area contributed by atoms with Crippen molar-refractivity contribution in [3.05, 3.63) is 70.2 Å². The molecule has 3 rings (SSSR count). The lowest BCUT2D eigenvalue weighted by Crippen LogP contribution is -2.32. The first-order valence-electron chi connectivity index (χ1n) is 9.85. The Labute approximate surface area is 163 Å². The van der Waals surface area contributed by atoms with Crippen molar-refractivity contribution in [3.8, 4) is 0 Å². The largest absolute Gasteiger partial charge is 0.330 e. The highest BCUT2D eigenvalue weighted by molar-refractivity contribution is 6.30. The minimum atomic E-state index is 0.743. The molecule has 0 amide bonds. The lowest BCUT2D eigenvalue weighted by Gasteiger charge is -2.32. The molecule has 1 fully saturated rings. The van der Waals surface area contributed by atoms with Gasteiger partial charge >= 0.3 is 0 Å². The molecule has 0 spiro atoms. The third-order valence-electron chi connectivity index (χ3n) is 5.62. The fourth-order valence-corrected chi connectivity index (χ4v) is 4.24. The lowest BCUT2D eigenvalue weighted by atomic mass is 9.82. The molecule has 0 aromatic heterocycles. The molecule has 2 aromatic carbocycles. The van der Waals surface area contributed by atoms with Crippen molar-refractivity contribution in [1.29, 1.82) is 0 Å². The topological polar surface area (TPSA) is 29.3 Å². The Kier molecular flexibility index (Phi) is 7.13. The van der Waals surface area contributed by atoms with Gasteiger partial charge in [0.25, 0.3) is 0 Å². The average molecular weight is 371 g/mol. The minimum absolute atomic E-state index is 0.743. The third kappa shape index (κ3) is 5.84. The summed E-state index contributed by atoms with van der Waals surface area (Å²) in [5.74, 6) is 1.53. The van der Waals surface area contributed by atoms with Gasteiger partial charge in [-0.25, -0.2) is 0 Å². The molecule has 0 unspecified atom stereocenters. The van der Waals surface area contributed by atoms with Crippen LogP contribution in [-0.2, 0) is 13.1 Å².